The number of nitrogen functional groups attached to an aromatic ring is 1. The summed E-state index contributed by atoms with van der Waals surface area (Å²) in [6, 6.07) is 12.7. The maximum absolute atomic E-state index is 12.6. The predicted molar refractivity (Wildman–Crippen MR) is 148 cm³/mol. The Kier molecular flexibility index (Phi) is 11.9. The second-order valence-corrected chi connectivity index (χ2v) is 10.4. The number of anilines is 1. The van der Waals surface area contributed by atoms with Crippen molar-refractivity contribution in [1.82, 2.24) is 19.7 Å². The van der Waals surface area contributed by atoms with Gasteiger partial charge in [-0.05, 0) is 49.9 Å². The van der Waals surface area contributed by atoms with E-state index in [1.807, 2.05) is 42.5 Å². The quantitative estimate of drug-likeness (QED) is 0.219. The summed E-state index contributed by atoms with van der Waals surface area (Å²) in [4.78, 5) is 16.6. The Balaban J connectivity index is 0.00000205. The molecule has 0 radical (unpaired) electrons. The molecule has 1 aromatic carbocycles. The number of aromatic nitrogens is 3. The average Bonchev–Trinajstić information content (AvgIpc) is 3.61. The number of para-hydroxylation sites is 1. The van der Waals surface area contributed by atoms with Gasteiger partial charge in [-0.25, -0.2) is 19.8 Å². The highest BCUT2D eigenvalue weighted by Crippen LogP contribution is 2.39. The largest absolute Gasteiger partial charge is 0.464 e. The third-order valence-corrected chi connectivity index (χ3v) is 7.88. The van der Waals surface area contributed by atoms with Gasteiger partial charge in [0.05, 0.1) is 25.0 Å². The molecule has 2 aromatic heterocycles. The molecular formula is C27H37N6O5P. The lowest BCUT2D eigenvalue weighted by atomic mass is 10.1. The van der Waals surface area contributed by atoms with Gasteiger partial charge in [0.25, 0.3) is 0 Å². The number of fused-ring (bicyclic) bond motifs is 1. The molecule has 12 heteroatoms. The van der Waals surface area contributed by atoms with Crippen molar-refractivity contribution in [2.75, 3.05) is 18.9 Å². The highest BCUT2D eigenvalue weighted by Gasteiger charge is 2.31. The molecule has 3 N–H and O–H groups in total. The van der Waals surface area contributed by atoms with Crippen molar-refractivity contribution < 1.29 is 23.3 Å². The first-order chi connectivity index (χ1) is 19.0. The summed E-state index contributed by atoms with van der Waals surface area (Å²) >= 11 is 0. The molecule has 3 unspecified atom stereocenters. The van der Waals surface area contributed by atoms with Crippen LogP contribution in [-0.4, -0.2) is 45.9 Å². The minimum absolute atomic E-state index is 0.126. The lowest BCUT2D eigenvalue weighted by molar-refractivity contribution is -0.146. The number of hydrogen-bond donors (Lipinski definition) is 2. The number of nitrogens with two attached hydrogens (primary N) is 1. The molecule has 0 spiro atoms. The minimum atomic E-state index is -1.62. The van der Waals surface area contributed by atoms with Gasteiger partial charge in [0, 0.05) is 6.57 Å². The Labute approximate surface area is 230 Å². The van der Waals surface area contributed by atoms with Gasteiger partial charge in [0.1, 0.15) is 29.7 Å². The summed E-state index contributed by atoms with van der Waals surface area (Å²) in [7, 11) is -1.62. The van der Waals surface area contributed by atoms with Crippen LogP contribution in [0.1, 0.15) is 58.3 Å². The molecule has 3 aromatic rings. The van der Waals surface area contributed by atoms with Crippen LogP contribution >= 0.6 is 8.53 Å². The van der Waals surface area contributed by atoms with Gasteiger partial charge >= 0.3 is 14.5 Å². The zero-order valence-electron chi connectivity index (χ0n) is 22.6. The maximum atomic E-state index is 12.6. The van der Waals surface area contributed by atoms with Gasteiger partial charge < -0.3 is 24.3 Å². The molecule has 0 aliphatic carbocycles. The van der Waals surface area contributed by atoms with E-state index in [9.17, 15) is 4.79 Å². The van der Waals surface area contributed by atoms with Crippen LogP contribution in [0, 0.1) is 17.8 Å². The zero-order chi connectivity index (χ0) is 28.2. The van der Waals surface area contributed by atoms with Crippen molar-refractivity contribution in [3.63, 3.8) is 0 Å². The molecule has 1 fully saturated rings. The van der Waals surface area contributed by atoms with Crippen LogP contribution in [0.4, 0.5) is 5.82 Å². The normalized spacial score (nSPS) is 18.3. The van der Waals surface area contributed by atoms with Crippen molar-refractivity contribution in [1.29, 1.82) is 5.26 Å². The third kappa shape index (κ3) is 8.35. The Morgan fingerprint density at radius 2 is 1.97 bits per heavy atom. The highest BCUT2D eigenvalue weighted by atomic mass is 31.2. The fraction of sp³-hybridized carbons (Fsp3) is 0.481. The standard InChI is InChI=1S/C26H36N5O5P.CHN/c1-4-19(5-2)15-33-26(32)18(3)30-37(36-20-9-7-6-8-10-20)34-16-21-11-14-24(35-21)22-12-13-23-25(27)28-17-29-31(22)23;1-2/h6-10,12-13,17-19,21,24,30H,4-5,11,14-16H2,1-3H3,(H2,27,28,29);1H/t18?,21?,24?,37-;/m1./s1. The number of rotatable bonds is 13. The fourth-order valence-electron chi connectivity index (χ4n) is 4.14. The summed E-state index contributed by atoms with van der Waals surface area (Å²) in [5.74, 6) is 1.13. The molecule has 1 aliphatic heterocycles. The summed E-state index contributed by atoms with van der Waals surface area (Å²) in [6.45, 7) is 10.2. The van der Waals surface area contributed by atoms with Crippen LogP contribution in [-0.2, 0) is 18.8 Å². The number of nitrogens with one attached hydrogen (secondary N) is 1. The number of benzene rings is 1. The SMILES string of the molecule is C#N.CCC(CC)COC(=O)C(C)N[P@](OCC1CCC(c2ccc3c(N)ncnn23)O1)Oc1ccccc1. The molecular weight excluding hydrogens is 519 g/mol. The molecule has 0 saturated carbocycles. The summed E-state index contributed by atoms with van der Waals surface area (Å²) in [6.07, 6.45) is 4.78. The molecule has 1 saturated heterocycles. The monoisotopic (exact) mass is 556 g/mol. The first kappa shape index (κ1) is 30.3. The van der Waals surface area contributed by atoms with Crippen molar-refractivity contribution >= 4 is 25.8 Å². The Morgan fingerprint density at radius 3 is 2.69 bits per heavy atom. The second kappa shape index (κ2) is 15.3. The summed E-state index contributed by atoms with van der Waals surface area (Å²) in [5.41, 5.74) is 7.66. The lowest BCUT2D eigenvalue weighted by Gasteiger charge is -2.23. The van der Waals surface area contributed by atoms with Crippen molar-refractivity contribution in [3.8, 4) is 12.3 Å². The third-order valence-electron chi connectivity index (χ3n) is 6.53. The van der Waals surface area contributed by atoms with Gasteiger partial charge in [-0.15, -0.1) is 0 Å². The van der Waals surface area contributed by atoms with Crippen molar-refractivity contribution in [3.05, 3.63) is 54.5 Å². The Hall–Kier alpha value is -3.29. The van der Waals surface area contributed by atoms with Crippen LogP contribution < -0.4 is 15.3 Å². The molecule has 11 nitrogen and oxygen atoms in total. The van der Waals surface area contributed by atoms with E-state index in [2.05, 4.69) is 35.6 Å². The number of nitriles is 1. The van der Waals surface area contributed by atoms with E-state index in [1.54, 1.807) is 11.4 Å². The Morgan fingerprint density at radius 1 is 1.23 bits per heavy atom. The summed E-state index contributed by atoms with van der Waals surface area (Å²) < 4.78 is 25.8. The van der Waals surface area contributed by atoms with Crippen LogP contribution in [0.15, 0.2) is 48.8 Å². The first-order valence-electron chi connectivity index (χ1n) is 13.1. The van der Waals surface area contributed by atoms with Gasteiger partial charge in [-0.3, -0.25) is 4.79 Å². The smallest absolute Gasteiger partial charge is 0.323 e. The van der Waals surface area contributed by atoms with Crippen molar-refractivity contribution in [2.24, 2.45) is 5.92 Å². The molecule has 0 bridgehead atoms. The summed E-state index contributed by atoms with van der Waals surface area (Å²) in [5, 5.41) is 14.0. The maximum Gasteiger partial charge on any atom is 0.323 e. The van der Waals surface area contributed by atoms with E-state index in [4.69, 9.17) is 29.5 Å². The van der Waals surface area contributed by atoms with E-state index in [0.29, 0.717) is 30.7 Å². The topological polar surface area (TPSA) is 146 Å². The van der Waals surface area contributed by atoms with Crippen LogP contribution in [0.2, 0.25) is 0 Å². The Bertz CT molecular complexity index is 1190. The number of ether oxygens (including phenoxy) is 2. The van der Waals surface area contributed by atoms with E-state index in [-0.39, 0.29) is 18.2 Å². The number of carbonyl (C=O) groups excluding carboxylic acids is 1. The van der Waals surface area contributed by atoms with Crippen LogP contribution in [0.25, 0.3) is 5.52 Å². The van der Waals surface area contributed by atoms with Gasteiger partial charge in [0.15, 0.2) is 5.82 Å². The number of hydrogen-bond acceptors (Lipinski definition) is 10. The van der Waals surface area contributed by atoms with Gasteiger partial charge in [0.2, 0.25) is 0 Å². The number of nitrogens with zero attached hydrogens (tertiary/aromatic N) is 4. The molecule has 4 rings (SSSR count). The number of carbonyl (C=O) groups is 1. The average molecular weight is 557 g/mol. The number of esters is 1. The molecule has 210 valence electrons. The molecule has 4 atom stereocenters. The zero-order valence-corrected chi connectivity index (χ0v) is 23.5. The van der Waals surface area contributed by atoms with E-state index >= 15 is 0 Å². The molecule has 0 amide bonds. The lowest BCUT2D eigenvalue weighted by Crippen LogP contribution is -2.34. The second-order valence-electron chi connectivity index (χ2n) is 9.15. The van der Waals surface area contributed by atoms with Crippen LogP contribution in [0.5, 0.6) is 5.75 Å². The first-order valence-corrected chi connectivity index (χ1v) is 14.2. The highest BCUT2D eigenvalue weighted by molar-refractivity contribution is 7.45. The molecule has 1 aliphatic rings. The van der Waals surface area contributed by atoms with Crippen molar-refractivity contribution in [2.45, 2.75) is 64.7 Å². The van der Waals surface area contributed by atoms with E-state index < -0.39 is 14.6 Å². The minimum Gasteiger partial charge on any atom is -0.464 e. The van der Waals surface area contributed by atoms with E-state index in [0.717, 1.165) is 36.9 Å². The van der Waals surface area contributed by atoms with Gasteiger partial charge in [-0.2, -0.15) is 5.10 Å². The predicted octanol–water partition coefficient (Wildman–Crippen LogP) is 4.95. The van der Waals surface area contributed by atoms with Crippen LogP contribution in [0.3, 0.4) is 0 Å². The molecule has 3 heterocycles. The van der Waals surface area contributed by atoms with Gasteiger partial charge in [-0.1, -0.05) is 44.9 Å². The van der Waals surface area contributed by atoms with E-state index in [1.165, 1.54) is 6.33 Å². The fourth-order valence-corrected chi connectivity index (χ4v) is 5.36. The molecule has 39 heavy (non-hydrogen) atoms.